The minimum Gasteiger partial charge on any atom is -0.453 e. The number of amides is 1. The second kappa shape index (κ2) is 3.80. The number of hydrogen-bond acceptors (Lipinski definition) is 5. The Morgan fingerprint density at radius 1 is 1.58 bits per heavy atom. The van der Waals surface area contributed by atoms with E-state index < -0.39 is 12.2 Å². The van der Waals surface area contributed by atoms with Crippen LogP contribution in [0.25, 0.3) is 0 Å². The highest BCUT2D eigenvalue weighted by Crippen LogP contribution is 1.99. The van der Waals surface area contributed by atoms with Gasteiger partial charge in [0.25, 0.3) is 0 Å². The fourth-order valence-corrected chi connectivity index (χ4v) is 0.736. The molecule has 0 aliphatic carbocycles. The van der Waals surface area contributed by atoms with Gasteiger partial charge < -0.3 is 19.5 Å². The van der Waals surface area contributed by atoms with E-state index in [1.165, 1.54) is 7.11 Å². The zero-order valence-corrected chi connectivity index (χ0v) is 6.53. The molecular formula is C6H9NO5. The van der Waals surface area contributed by atoms with Gasteiger partial charge in [-0.1, -0.05) is 0 Å². The SMILES string of the molecule is COC(=O)NC1COC(=O)OC1. The minimum absolute atomic E-state index is 0.119. The summed E-state index contributed by atoms with van der Waals surface area (Å²) in [6.45, 7) is 0.238. The Labute approximate surface area is 68.8 Å². The Bertz CT molecular complexity index is 182. The molecule has 0 atom stereocenters. The topological polar surface area (TPSA) is 73.9 Å². The van der Waals surface area contributed by atoms with Crippen LogP contribution in [0.2, 0.25) is 0 Å². The van der Waals surface area contributed by atoms with Gasteiger partial charge in [-0.2, -0.15) is 0 Å². The fraction of sp³-hybridized carbons (Fsp3) is 0.667. The molecule has 0 aromatic carbocycles. The second-order valence-electron chi connectivity index (χ2n) is 2.20. The summed E-state index contributed by atoms with van der Waals surface area (Å²) in [4.78, 5) is 21.0. The average Bonchev–Trinajstić information content (AvgIpc) is 2.09. The van der Waals surface area contributed by atoms with E-state index in [0.717, 1.165) is 0 Å². The number of carbonyl (C=O) groups is 2. The lowest BCUT2D eigenvalue weighted by atomic mass is 10.3. The van der Waals surface area contributed by atoms with Gasteiger partial charge in [0.1, 0.15) is 19.3 Å². The molecule has 1 aliphatic heterocycles. The molecular weight excluding hydrogens is 166 g/mol. The molecule has 0 spiro atoms. The highest BCUT2D eigenvalue weighted by Gasteiger charge is 2.22. The Morgan fingerprint density at radius 3 is 2.67 bits per heavy atom. The summed E-state index contributed by atoms with van der Waals surface area (Å²) in [7, 11) is 1.25. The van der Waals surface area contributed by atoms with E-state index >= 15 is 0 Å². The van der Waals surface area contributed by atoms with Crippen LogP contribution in [0.1, 0.15) is 0 Å². The predicted molar refractivity (Wildman–Crippen MR) is 36.6 cm³/mol. The van der Waals surface area contributed by atoms with Gasteiger partial charge in [-0.05, 0) is 0 Å². The van der Waals surface area contributed by atoms with E-state index in [4.69, 9.17) is 0 Å². The number of carbonyl (C=O) groups excluding carboxylic acids is 2. The molecule has 1 saturated heterocycles. The van der Waals surface area contributed by atoms with E-state index in [9.17, 15) is 9.59 Å². The van der Waals surface area contributed by atoms with Gasteiger partial charge in [0.05, 0.1) is 7.11 Å². The zero-order valence-electron chi connectivity index (χ0n) is 6.53. The van der Waals surface area contributed by atoms with Crippen LogP contribution < -0.4 is 5.32 Å². The van der Waals surface area contributed by atoms with Crippen molar-refractivity contribution in [1.82, 2.24) is 5.32 Å². The third-order valence-electron chi connectivity index (χ3n) is 1.31. The van der Waals surface area contributed by atoms with Gasteiger partial charge in [-0.25, -0.2) is 9.59 Å². The molecule has 0 radical (unpaired) electrons. The third kappa shape index (κ3) is 2.30. The van der Waals surface area contributed by atoms with Crippen molar-refractivity contribution >= 4 is 12.2 Å². The molecule has 1 rings (SSSR count). The summed E-state index contributed by atoms with van der Waals surface area (Å²) in [5.74, 6) is 0. The van der Waals surface area contributed by atoms with Crippen molar-refractivity contribution in [2.45, 2.75) is 6.04 Å². The quantitative estimate of drug-likeness (QED) is 0.562. The summed E-state index contributed by atoms with van der Waals surface area (Å²) >= 11 is 0. The summed E-state index contributed by atoms with van der Waals surface area (Å²) in [5.41, 5.74) is 0. The Hall–Kier alpha value is -1.46. The van der Waals surface area contributed by atoms with Crippen molar-refractivity contribution < 1.29 is 23.8 Å². The van der Waals surface area contributed by atoms with E-state index in [0.29, 0.717) is 0 Å². The lowest BCUT2D eigenvalue weighted by Gasteiger charge is -2.21. The summed E-state index contributed by atoms with van der Waals surface area (Å²) in [6.07, 6.45) is -1.28. The van der Waals surface area contributed by atoms with Crippen LogP contribution in [0.4, 0.5) is 9.59 Å². The molecule has 0 aromatic rings. The van der Waals surface area contributed by atoms with Crippen LogP contribution in [0.5, 0.6) is 0 Å². The first-order chi connectivity index (χ1) is 5.72. The van der Waals surface area contributed by atoms with Crippen molar-refractivity contribution in [1.29, 1.82) is 0 Å². The maximum atomic E-state index is 10.6. The molecule has 0 saturated carbocycles. The average molecular weight is 175 g/mol. The van der Waals surface area contributed by atoms with Crippen molar-refractivity contribution in [3.63, 3.8) is 0 Å². The smallest absolute Gasteiger partial charge is 0.453 e. The van der Waals surface area contributed by atoms with E-state index in [2.05, 4.69) is 19.5 Å². The van der Waals surface area contributed by atoms with Crippen LogP contribution in [0.3, 0.4) is 0 Å². The maximum Gasteiger partial charge on any atom is 0.508 e. The lowest BCUT2D eigenvalue weighted by molar-refractivity contribution is 0.00106. The van der Waals surface area contributed by atoms with Crippen molar-refractivity contribution in [2.24, 2.45) is 0 Å². The van der Waals surface area contributed by atoms with Crippen LogP contribution in [-0.2, 0) is 14.2 Å². The van der Waals surface area contributed by atoms with Gasteiger partial charge in [-0.3, -0.25) is 0 Å². The van der Waals surface area contributed by atoms with Crippen molar-refractivity contribution in [3.8, 4) is 0 Å². The normalized spacial score (nSPS) is 17.6. The third-order valence-corrected chi connectivity index (χ3v) is 1.31. The molecule has 0 bridgehead atoms. The second-order valence-corrected chi connectivity index (χ2v) is 2.20. The predicted octanol–water partition coefficient (Wildman–Crippen LogP) is -0.122. The van der Waals surface area contributed by atoms with E-state index in [-0.39, 0.29) is 19.3 Å². The minimum atomic E-state index is -0.710. The number of ether oxygens (including phenoxy) is 3. The summed E-state index contributed by atoms with van der Waals surface area (Å²) in [5, 5.41) is 2.43. The van der Waals surface area contributed by atoms with Crippen LogP contribution in [0.15, 0.2) is 0 Å². The molecule has 1 heterocycles. The van der Waals surface area contributed by atoms with Crippen molar-refractivity contribution in [3.05, 3.63) is 0 Å². The summed E-state index contributed by atoms with van der Waals surface area (Å²) in [6, 6.07) is -0.324. The van der Waals surface area contributed by atoms with Gasteiger partial charge in [0.2, 0.25) is 0 Å². The van der Waals surface area contributed by atoms with Crippen LogP contribution in [-0.4, -0.2) is 38.6 Å². The molecule has 12 heavy (non-hydrogen) atoms. The first-order valence-corrected chi connectivity index (χ1v) is 3.36. The summed E-state index contributed by atoms with van der Waals surface area (Å²) < 4.78 is 13.3. The molecule has 1 aliphatic rings. The largest absolute Gasteiger partial charge is 0.508 e. The number of methoxy groups -OCH3 is 1. The molecule has 1 fully saturated rings. The molecule has 6 nitrogen and oxygen atoms in total. The number of alkyl carbamates (subject to hydrolysis) is 1. The van der Waals surface area contributed by atoms with Gasteiger partial charge in [0.15, 0.2) is 0 Å². The molecule has 0 unspecified atom stereocenters. The van der Waals surface area contributed by atoms with Crippen LogP contribution in [0, 0.1) is 0 Å². The molecule has 1 N–H and O–H groups in total. The number of nitrogens with one attached hydrogen (secondary N) is 1. The number of cyclic esters (lactones) is 2. The highest BCUT2D eigenvalue weighted by molar-refractivity contribution is 5.68. The standard InChI is InChI=1S/C6H9NO5/c1-10-5(8)7-4-2-11-6(9)12-3-4/h4H,2-3H2,1H3,(H,7,8). The number of rotatable bonds is 1. The van der Waals surface area contributed by atoms with Gasteiger partial charge >= 0.3 is 12.2 Å². The number of hydrogen-bond donors (Lipinski definition) is 1. The van der Waals surface area contributed by atoms with E-state index in [1.807, 2.05) is 0 Å². The Morgan fingerprint density at radius 2 is 2.17 bits per heavy atom. The molecule has 68 valence electrons. The van der Waals surface area contributed by atoms with Gasteiger partial charge in [-0.15, -0.1) is 0 Å². The molecule has 0 aromatic heterocycles. The Kier molecular flexibility index (Phi) is 2.73. The lowest BCUT2D eigenvalue weighted by Crippen LogP contribution is -2.45. The first-order valence-electron chi connectivity index (χ1n) is 3.36. The monoisotopic (exact) mass is 175 g/mol. The van der Waals surface area contributed by atoms with Gasteiger partial charge in [0, 0.05) is 0 Å². The first kappa shape index (κ1) is 8.63. The van der Waals surface area contributed by atoms with Crippen molar-refractivity contribution in [2.75, 3.05) is 20.3 Å². The van der Waals surface area contributed by atoms with E-state index in [1.54, 1.807) is 0 Å². The highest BCUT2D eigenvalue weighted by atomic mass is 16.7. The molecule has 1 amide bonds. The zero-order chi connectivity index (χ0) is 8.97. The maximum absolute atomic E-state index is 10.6. The fourth-order valence-electron chi connectivity index (χ4n) is 0.736. The Balaban J connectivity index is 2.26. The van der Waals surface area contributed by atoms with Crippen LogP contribution >= 0.6 is 0 Å². The molecule has 6 heteroatoms.